The highest BCUT2D eigenvalue weighted by Crippen LogP contribution is 2.11. The average molecular weight is 265 g/mol. The Hall–Kier alpha value is -1.33. The SMILES string of the molecule is COCCn1cc(NCC2CCCNC2)ccc1=O. The number of piperidine rings is 1. The Kier molecular flexibility index (Phi) is 5.42. The van der Waals surface area contributed by atoms with Gasteiger partial charge < -0.3 is 19.9 Å². The molecule has 5 heteroatoms. The first kappa shape index (κ1) is 14.1. The summed E-state index contributed by atoms with van der Waals surface area (Å²) in [6.07, 6.45) is 4.39. The number of ether oxygens (including phenoxy) is 1. The van der Waals surface area contributed by atoms with Gasteiger partial charge in [-0.2, -0.15) is 0 Å². The monoisotopic (exact) mass is 265 g/mol. The minimum absolute atomic E-state index is 0.0157. The molecule has 1 fully saturated rings. The van der Waals surface area contributed by atoms with E-state index in [4.69, 9.17) is 4.74 Å². The van der Waals surface area contributed by atoms with E-state index >= 15 is 0 Å². The molecule has 0 spiro atoms. The number of rotatable bonds is 6. The normalized spacial score (nSPS) is 19.3. The van der Waals surface area contributed by atoms with Crippen LogP contribution in [0.1, 0.15) is 12.8 Å². The van der Waals surface area contributed by atoms with Crippen molar-refractivity contribution in [3.05, 3.63) is 28.7 Å². The highest BCUT2D eigenvalue weighted by molar-refractivity contribution is 5.40. The molecule has 1 aliphatic rings. The Morgan fingerprint density at radius 2 is 2.42 bits per heavy atom. The number of anilines is 1. The molecule has 2 heterocycles. The van der Waals surface area contributed by atoms with Crippen LogP contribution in [0.5, 0.6) is 0 Å². The minimum Gasteiger partial charge on any atom is -0.384 e. The van der Waals surface area contributed by atoms with E-state index in [-0.39, 0.29) is 5.56 Å². The molecule has 106 valence electrons. The van der Waals surface area contributed by atoms with E-state index in [1.807, 2.05) is 12.3 Å². The second-order valence-corrected chi connectivity index (χ2v) is 5.04. The number of pyridine rings is 1. The summed E-state index contributed by atoms with van der Waals surface area (Å²) in [7, 11) is 1.64. The minimum atomic E-state index is 0.0157. The first-order valence-corrected chi connectivity index (χ1v) is 6.93. The number of hydrogen-bond donors (Lipinski definition) is 2. The van der Waals surface area contributed by atoms with Crippen molar-refractivity contribution < 1.29 is 4.74 Å². The van der Waals surface area contributed by atoms with Gasteiger partial charge in [0.25, 0.3) is 5.56 Å². The van der Waals surface area contributed by atoms with Gasteiger partial charge in [-0.3, -0.25) is 4.79 Å². The summed E-state index contributed by atoms with van der Waals surface area (Å²) in [6, 6.07) is 3.46. The summed E-state index contributed by atoms with van der Waals surface area (Å²) in [4.78, 5) is 11.7. The van der Waals surface area contributed by atoms with Crippen LogP contribution in [0, 0.1) is 5.92 Å². The third kappa shape index (κ3) is 4.36. The van der Waals surface area contributed by atoms with Gasteiger partial charge in [-0.1, -0.05) is 0 Å². The molecule has 0 amide bonds. The summed E-state index contributed by atoms with van der Waals surface area (Å²) in [5.74, 6) is 0.674. The molecule has 1 unspecified atom stereocenters. The van der Waals surface area contributed by atoms with Gasteiger partial charge in [0.2, 0.25) is 0 Å². The summed E-state index contributed by atoms with van der Waals surface area (Å²) in [5.41, 5.74) is 1.02. The third-order valence-corrected chi connectivity index (χ3v) is 3.51. The largest absolute Gasteiger partial charge is 0.384 e. The first-order valence-electron chi connectivity index (χ1n) is 6.93. The molecule has 0 radical (unpaired) electrons. The predicted octanol–water partition coefficient (Wildman–Crippen LogP) is 0.906. The molecule has 19 heavy (non-hydrogen) atoms. The fourth-order valence-electron chi connectivity index (χ4n) is 2.36. The lowest BCUT2D eigenvalue weighted by atomic mass is 10.00. The van der Waals surface area contributed by atoms with E-state index < -0.39 is 0 Å². The number of methoxy groups -OCH3 is 1. The number of aromatic nitrogens is 1. The highest BCUT2D eigenvalue weighted by Gasteiger charge is 2.12. The molecular formula is C14H23N3O2. The molecular weight excluding hydrogens is 242 g/mol. The molecule has 1 saturated heterocycles. The molecule has 1 aromatic rings. The van der Waals surface area contributed by atoms with E-state index in [2.05, 4.69) is 10.6 Å². The fraction of sp³-hybridized carbons (Fsp3) is 0.643. The molecule has 0 aliphatic carbocycles. The van der Waals surface area contributed by atoms with Gasteiger partial charge in [-0.05, 0) is 37.9 Å². The van der Waals surface area contributed by atoms with Crippen molar-refractivity contribution in [3.63, 3.8) is 0 Å². The zero-order valence-electron chi connectivity index (χ0n) is 11.5. The molecule has 2 rings (SSSR count). The van der Waals surface area contributed by atoms with Crippen molar-refractivity contribution in [1.82, 2.24) is 9.88 Å². The van der Waals surface area contributed by atoms with Crippen molar-refractivity contribution >= 4 is 5.69 Å². The van der Waals surface area contributed by atoms with Crippen molar-refractivity contribution in [2.24, 2.45) is 5.92 Å². The second-order valence-electron chi connectivity index (χ2n) is 5.04. The van der Waals surface area contributed by atoms with Gasteiger partial charge in [0.1, 0.15) is 0 Å². The average Bonchev–Trinajstić information content (AvgIpc) is 2.46. The smallest absolute Gasteiger partial charge is 0.250 e. The standard InChI is InChI=1S/C14H23N3O2/c1-19-8-7-17-11-13(4-5-14(17)18)16-10-12-3-2-6-15-9-12/h4-5,11-12,15-16H,2-3,6-10H2,1H3. The molecule has 0 saturated carbocycles. The van der Waals surface area contributed by atoms with Crippen molar-refractivity contribution in [1.29, 1.82) is 0 Å². The topological polar surface area (TPSA) is 55.3 Å². The van der Waals surface area contributed by atoms with Crippen LogP contribution < -0.4 is 16.2 Å². The predicted molar refractivity (Wildman–Crippen MR) is 76.7 cm³/mol. The van der Waals surface area contributed by atoms with Gasteiger partial charge in [0.05, 0.1) is 12.3 Å². The maximum atomic E-state index is 11.7. The maximum Gasteiger partial charge on any atom is 0.250 e. The number of nitrogens with one attached hydrogen (secondary N) is 2. The summed E-state index contributed by atoms with van der Waals surface area (Å²) in [6.45, 7) is 4.32. The molecule has 0 aromatic carbocycles. The van der Waals surface area contributed by atoms with Gasteiger partial charge in [0.15, 0.2) is 0 Å². The number of nitrogens with zero attached hydrogens (tertiary/aromatic N) is 1. The van der Waals surface area contributed by atoms with E-state index in [0.717, 1.165) is 25.3 Å². The lowest BCUT2D eigenvalue weighted by Gasteiger charge is -2.23. The lowest BCUT2D eigenvalue weighted by Crippen LogP contribution is -2.33. The molecule has 1 aliphatic heterocycles. The van der Waals surface area contributed by atoms with Gasteiger partial charge in [-0.25, -0.2) is 0 Å². The zero-order valence-corrected chi connectivity index (χ0v) is 11.5. The maximum absolute atomic E-state index is 11.7. The molecule has 1 atom stereocenters. The Morgan fingerprint density at radius 1 is 1.53 bits per heavy atom. The Bertz CT molecular complexity index is 439. The van der Waals surface area contributed by atoms with Crippen LogP contribution in [0.3, 0.4) is 0 Å². The van der Waals surface area contributed by atoms with Crippen LogP contribution in [0.25, 0.3) is 0 Å². The summed E-state index contributed by atoms with van der Waals surface area (Å²) >= 11 is 0. The van der Waals surface area contributed by atoms with Crippen LogP contribution in [-0.2, 0) is 11.3 Å². The second kappa shape index (κ2) is 7.31. The van der Waals surface area contributed by atoms with Crippen LogP contribution in [0.15, 0.2) is 23.1 Å². The Morgan fingerprint density at radius 3 is 3.16 bits per heavy atom. The van der Waals surface area contributed by atoms with Crippen LogP contribution in [-0.4, -0.2) is 37.9 Å². The fourth-order valence-corrected chi connectivity index (χ4v) is 2.36. The molecule has 1 aromatic heterocycles. The van der Waals surface area contributed by atoms with Crippen LogP contribution in [0.2, 0.25) is 0 Å². The Balaban J connectivity index is 1.90. The van der Waals surface area contributed by atoms with E-state index in [9.17, 15) is 4.79 Å². The summed E-state index contributed by atoms with van der Waals surface area (Å²) in [5, 5.41) is 6.83. The van der Waals surface area contributed by atoms with E-state index in [0.29, 0.717) is 19.1 Å². The van der Waals surface area contributed by atoms with E-state index in [1.165, 1.54) is 12.8 Å². The lowest BCUT2D eigenvalue weighted by molar-refractivity contribution is 0.186. The highest BCUT2D eigenvalue weighted by atomic mass is 16.5. The third-order valence-electron chi connectivity index (χ3n) is 3.51. The zero-order chi connectivity index (χ0) is 13.5. The number of hydrogen-bond acceptors (Lipinski definition) is 4. The quantitative estimate of drug-likeness (QED) is 0.802. The van der Waals surface area contributed by atoms with Crippen LogP contribution >= 0.6 is 0 Å². The Labute approximate surface area is 114 Å². The first-order chi connectivity index (χ1) is 9.29. The van der Waals surface area contributed by atoms with Crippen molar-refractivity contribution in [2.45, 2.75) is 19.4 Å². The van der Waals surface area contributed by atoms with Gasteiger partial charge >= 0.3 is 0 Å². The molecule has 5 nitrogen and oxygen atoms in total. The van der Waals surface area contributed by atoms with Gasteiger partial charge in [0, 0.05) is 32.5 Å². The molecule has 0 bridgehead atoms. The van der Waals surface area contributed by atoms with Crippen molar-refractivity contribution in [2.75, 3.05) is 38.7 Å². The van der Waals surface area contributed by atoms with Crippen LogP contribution in [0.4, 0.5) is 5.69 Å². The van der Waals surface area contributed by atoms with Crippen molar-refractivity contribution in [3.8, 4) is 0 Å². The molecule has 2 N–H and O–H groups in total. The van der Waals surface area contributed by atoms with Gasteiger partial charge in [-0.15, -0.1) is 0 Å². The summed E-state index contributed by atoms with van der Waals surface area (Å²) < 4.78 is 6.69. The van der Waals surface area contributed by atoms with E-state index in [1.54, 1.807) is 17.7 Å².